The van der Waals surface area contributed by atoms with Crippen LogP contribution in [0.25, 0.3) is 11.3 Å². The lowest BCUT2D eigenvalue weighted by atomic mass is 9.97. The van der Waals surface area contributed by atoms with E-state index in [0.717, 1.165) is 6.07 Å². The van der Waals surface area contributed by atoms with Crippen molar-refractivity contribution >= 4 is 11.7 Å². The van der Waals surface area contributed by atoms with Crippen LogP contribution in [0.4, 0.5) is 19.0 Å². The second kappa shape index (κ2) is 10.3. The fourth-order valence-corrected chi connectivity index (χ4v) is 3.95. The summed E-state index contributed by atoms with van der Waals surface area (Å²) in [6.45, 7) is 3.84. The molecule has 1 amide bonds. The molecule has 0 spiro atoms. The lowest BCUT2D eigenvalue weighted by Gasteiger charge is -2.33. The molecule has 0 radical (unpaired) electrons. The van der Waals surface area contributed by atoms with E-state index in [4.69, 9.17) is 5.73 Å². The maximum Gasteiger partial charge on any atom is 0.417 e. The van der Waals surface area contributed by atoms with Gasteiger partial charge in [0.15, 0.2) is 0 Å². The Hall–Kier alpha value is -3.97. The number of piperazine rings is 1. The van der Waals surface area contributed by atoms with Crippen molar-refractivity contribution in [3.8, 4) is 23.1 Å². The van der Waals surface area contributed by atoms with Gasteiger partial charge in [0.1, 0.15) is 12.1 Å². The Morgan fingerprint density at radius 1 is 1.06 bits per heavy atom. The van der Waals surface area contributed by atoms with Crippen LogP contribution in [0, 0.1) is 11.8 Å². The topological polar surface area (TPSA) is 88.2 Å². The number of halogens is 3. The monoisotopic (exact) mass is 494 g/mol. The van der Waals surface area contributed by atoms with Crippen LogP contribution in [0.3, 0.4) is 0 Å². The van der Waals surface area contributed by atoms with Crippen LogP contribution in [0.1, 0.15) is 39.7 Å². The number of nitrogens with two attached hydrogens (primary N) is 1. The first kappa shape index (κ1) is 25.1. The number of carbonyl (C=O) groups excluding carboxylic acids is 1. The van der Waals surface area contributed by atoms with Crippen molar-refractivity contribution in [2.45, 2.75) is 19.5 Å². The highest BCUT2D eigenvalue weighted by molar-refractivity contribution is 5.96. The summed E-state index contributed by atoms with van der Waals surface area (Å²) in [4.78, 5) is 29.0. The number of anilines is 1. The Labute approximate surface area is 207 Å². The number of hydrogen-bond acceptors (Lipinski definition) is 6. The van der Waals surface area contributed by atoms with Gasteiger partial charge in [0.2, 0.25) is 0 Å². The van der Waals surface area contributed by atoms with Gasteiger partial charge in [-0.25, -0.2) is 15.0 Å². The molecule has 3 aromatic rings. The first-order valence-corrected chi connectivity index (χ1v) is 11.4. The molecule has 0 unspecified atom stereocenters. The second-order valence-corrected chi connectivity index (χ2v) is 8.47. The largest absolute Gasteiger partial charge is 0.417 e. The zero-order valence-electron chi connectivity index (χ0n) is 19.9. The molecular formula is C26H25F3N6O. The van der Waals surface area contributed by atoms with E-state index in [1.165, 1.54) is 29.6 Å². The van der Waals surface area contributed by atoms with Gasteiger partial charge in [0.05, 0.1) is 28.1 Å². The van der Waals surface area contributed by atoms with Gasteiger partial charge in [-0.2, -0.15) is 13.2 Å². The number of pyridine rings is 1. The van der Waals surface area contributed by atoms with Gasteiger partial charge in [-0.1, -0.05) is 24.8 Å². The molecule has 2 N–H and O–H groups in total. The van der Waals surface area contributed by atoms with Crippen LogP contribution in [0.5, 0.6) is 0 Å². The third-order valence-corrected chi connectivity index (χ3v) is 6.00. The van der Waals surface area contributed by atoms with Crippen LogP contribution in [0.15, 0.2) is 42.9 Å². The van der Waals surface area contributed by atoms with Crippen molar-refractivity contribution in [3.63, 3.8) is 0 Å². The van der Waals surface area contributed by atoms with Crippen molar-refractivity contribution in [1.29, 1.82) is 0 Å². The Balaban J connectivity index is 1.78. The van der Waals surface area contributed by atoms with Gasteiger partial charge < -0.3 is 15.5 Å². The van der Waals surface area contributed by atoms with Crippen molar-refractivity contribution in [2.75, 3.05) is 39.0 Å². The number of amides is 1. The molecule has 1 aliphatic rings. The summed E-state index contributed by atoms with van der Waals surface area (Å²) in [7, 11) is 1.91. The Morgan fingerprint density at radius 2 is 1.81 bits per heavy atom. The summed E-state index contributed by atoms with van der Waals surface area (Å²) in [6.07, 6.45) is -1.40. The first-order chi connectivity index (χ1) is 17.2. The molecule has 3 heterocycles. The number of aryl methyl sites for hydroxylation is 1. The van der Waals surface area contributed by atoms with E-state index in [9.17, 15) is 18.0 Å². The minimum Gasteiger partial charge on any atom is -0.384 e. The lowest BCUT2D eigenvalue weighted by Crippen LogP contribution is -2.47. The normalized spacial score (nSPS) is 14.3. The van der Waals surface area contributed by atoms with Crippen LogP contribution >= 0.6 is 0 Å². The quantitative estimate of drug-likeness (QED) is 0.561. The van der Waals surface area contributed by atoms with Gasteiger partial charge in [-0.3, -0.25) is 4.79 Å². The molecule has 7 nitrogen and oxygen atoms in total. The summed E-state index contributed by atoms with van der Waals surface area (Å²) in [5, 5.41) is 0. The van der Waals surface area contributed by atoms with Crippen LogP contribution in [-0.2, 0) is 12.6 Å². The smallest absolute Gasteiger partial charge is 0.384 e. The third-order valence-electron chi connectivity index (χ3n) is 6.00. The van der Waals surface area contributed by atoms with Gasteiger partial charge in [-0.05, 0) is 37.7 Å². The summed E-state index contributed by atoms with van der Waals surface area (Å²) in [5.74, 6) is 5.68. The van der Waals surface area contributed by atoms with Crippen LogP contribution < -0.4 is 5.73 Å². The summed E-state index contributed by atoms with van der Waals surface area (Å²) in [6, 6.07) is 6.99. The Morgan fingerprint density at radius 3 is 2.44 bits per heavy atom. The van der Waals surface area contributed by atoms with E-state index in [1.54, 1.807) is 12.1 Å². The average molecular weight is 495 g/mol. The lowest BCUT2D eigenvalue weighted by molar-refractivity contribution is -0.138. The SMILES string of the molecule is CCc1ncnc(-c2ccc(C(=O)N3CCN(C)CC3)c(C(F)(F)F)c2)c1C#Cc1ccc(N)nc1. The minimum absolute atomic E-state index is 0.203. The number of aromatic nitrogens is 3. The molecule has 0 bridgehead atoms. The van der Waals surface area contributed by atoms with Crippen LogP contribution in [0.2, 0.25) is 0 Å². The number of alkyl halides is 3. The Bertz CT molecular complexity index is 1320. The molecule has 0 saturated carbocycles. The van der Waals surface area contributed by atoms with Gasteiger partial charge in [-0.15, -0.1) is 0 Å². The van der Waals surface area contributed by atoms with E-state index in [-0.39, 0.29) is 16.8 Å². The summed E-state index contributed by atoms with van der Waals surface area (Å²) >= 11 is 0. The average Bonchev–Trinajstić information content (AvgIpc) is 2.87. The Kier molecular flexibility index (Phi) is 7.22. The van der Waals surface area contributed by atoms with E-state index >= 15 is 0 Å². The van der Waals surface area contributed by atoms with Crippen molar-refractivity contribution in [2.24, 2.45) is 0 Å². The molecule has 0 aliphatic carbocycles. The van der Waals surface area contributed by atoms with E-state index in [2.05, 4.69) is 26.8 Å². The number of likely N-dealkylation sites (N-methyl/N-ethyl adjacent to an activating group) is 1. The molecule has 10 heteroatoms. The zero-order valence-corrected chi connectivity index (χ0v) is 19.9. The molecule has 0 atom stereocenters. The first-order valence-electron chi connectivity index (χ1n) is 11.4. The van der Waals surface area contributed by atoms with E-state index < -0.39 is 17.6 Å². The van der Waals surface area contributed by atoms with E-state index in [1.807, 2.05) is 18.9 Å². The van der Waals surface area contributed by atoms with Gasteiger partial charge in [0, 0.05) is 43.5 Å². The molecule has 1 fully saturated rings. The molecule has 186 valence electrons. The molecule has 1 aromatic carbocycles. The third kappa shape index (κ3) is 5.47. The predicted octanol–water partition coefficient (Wildman–Crippen LogP) is 3.49. The summed E-state index contributed by atoms with van der Waals surface area (Å²) in [5.41, 5.74) is 6.32. The molecule has 2 aromatic heterocycles. The predicted molar refractivity (Wildman–Crippen MR) is 130 cm³/mol. The number of carbonyl (C=O) groups is 1. The van der Waals surface area contributed by atoms with Gasteiger partial charge in [0.25, 0.3) is 5.91 Å². The fourth-order valence-electron chi connectivity index (χ4n) is 3.95. The molecule has 1 saturated heterocycles. The summed E-state index contributed by atoms with van der Waals surface area (Å²) < 4.78 is 42.4. The highest BCUT2D eigenvalue weighted by Crippen LogP contribution is 2.36. The number of rotatable bonds is 3. The van der Waals surface area contributed by atoms with Gasteiger partial charge >= 0.3 is 6.18 Å². The van der Waals surface area contributed by atoms with Crippen molar-refractivity contribution < 1.29 is 18.0 Å². The fraction of sp³-hybridized carbons (Fsp3) is 0.308. The maximum absolute atomic E-state index is 14.1. The minimum atomic E-state index is -4.73. The molecule has 36 heavy (non-hydrogen) atoms. The van der Waals surface area contributed by atoms with Crippen molar-refractivity contribution in [3.05, 3.63) is 70.8 Å². The zero-order chi connectivity index (χ0) is 25.9. The maximum atomic E-state index is 14.1. The number of nitrogen functional groups attached to an aromatic ring is 1. The van der Waals surface area contributed by atoms with Crippen molar-refractivity contribution in [1.82, 2.24) is 24.8 Å². The molecular weight excluding hydrogens is 469 g/mol. The highest BCUT2D eigenvalue weighted by Gasteiger charge is 2.37. The number of nitrogens with zero attached hydrogens (tertiary/aromatic N) is 5. The molecule has 1 aliphatic heterocycles. The van der Waals surface area contributed by atoms with Crippen LogP contribution in [-0.4, -0.2) is 63.9 Å². The molecule has 4 rings (SSSR count). The van der Waals surface area contributed by atoms with E-state index in [0.29, 0.717) is 55.2 Å². The standard InChI is InChI=1S/C26H25F3N6O/c1-3-22-20(7-4-17-5-9-23(30)31-15-17)24(33-16-32-22)18-6-8-19(21(14-18)26(27,28)29)25(36)35-12-10-34(2)11-13-35/h5-6,8-9,14-16H,3,10-13H2,1-2H3,(H2,30,31). The highest BCUT2D eigenvalue weighted by atomic mass is 19.4. The number of hydrogen-bond donors (Lipinski definition) is 1. The number of benzene rings is 1. The second-order valence-electron chi connectivity index (χ2n) is 8.47.